The van der Waals surface area contributed by atoms with E-state index in [9.17, 15) is 14.4 Å². The highest BCUT2D eigenvalue weighted by molar-refractivity contribution is 5.91. The maximum Gasteiger partial charge on any atom is 0.192 e. The van der Waals surface area contributed by atoms with Gasteiger partial charge in [0.15, 0.2) is 12.1 Å². The molecule has 188 valence electrons. The lowest BCUT2D eigenvalue weighted by Gasteiger charge is -2.47. The van der Waals surface area contributed by atoms with Crippen LogP contribution in [0.2, 0.25) is 0 Å². The molecule has 0 aliphatic carbocycles. The molecular formula is C26H48O6. The van der Waals surface area contributed by atoms with Gasteiger partial charge in [-0.15, -0.1) is 0 Å². The molecule has 0 aliphatic heterocycles. The molecule has 0 rings (SSSR count). The van der Waals surface area contributed by atoms with Gasteiger partial charge in [-0.3, -0.25) is 9.59 Å². The summed E-state index contributed by atoms with van der Waals surface area (Å²) in [5.74, 6) is -0.167. The molecule has 6 heteroatoms. The summed E-state index contributed by atoms with van der Waals surface area (Å²) in [7, 11) is 0. The summed E-state index contributed by atoms with van der Waals surface area (Å²) in [5, 5.41) is 0. The lowest BCUT2D eigenvalue weighted by Crippen LogP contribution is -2.55. The molecule has 0 aromatic rings. The molecule has 0 spiro atoms. The van der Waals surface area contributed by atoms with Gasteiger partial charge in [-0.25, -0.2) is 0 Å². The Morgan fingerprint density at radius 1 is 0.875 bits per heavy atom. The fourth-order valence-electron chi connectivity index (χ4n) is 4.60. The van der Waals surface area contributed by atoms with Crippen molar-refractivity contribution in [3.05, 3.63) is 0 Å². The maximum absolute atomic E-state index is 13.8. The normalized spacial score (nSPS) is 15.4. The molecule has 0 radical (unpaired) electrons. The quantitative estimate of drug-likeness (QED) is 0.328. The zero-order valence-corrected chi connectivity index (χ0v) is 23.0. The van der Waals surface area contributed by atoms with Gasteiger partial charge in [0.2, 0.25) is 0 Å². The van der Waals surface area contributed by atoms with Crippen LogP contribution in [0.4, 0.5) is 0 Å². The minimum Gasteiger partial charge on any atom is -0.368 e. The number of aldehydes is 1. The number of Topliss-reactive ketones (excluding diaryl/α,β-unsaturated/α-hetero) is 2. The molecule has 0 aromatic carbocycles. The van der Waals surface area contributed by atoms with E-state index in [2.05, 4.69) is 0 Å². The molecule has 0 heterocycles. The van der Waals surface area contributed by atoms with Crippen LogP contribution in [0.25, 0.3) is 0 Å². The van der Waals surface area contributed by atoms with Crippen LogP contribution < -0.4 is 0 Å². The van der Waals surface area contributed by atoms with Crippen molar-refractivity contribution in [1.82, 2.24) is 0 Å². The summed E-state index contributed by atoms with van der Waals surface area (Å²) in [6.07, 6.45) is 0.448. The summed E-state index contributed by atoms with van der Waals surface area (Å²) in [6.45, 7) is 25.8. The molecule has 0 fully saturated rings. The van der Waals surface area contributed by atoms with Gasteiger partial charge < -0.3 is 19.0 Å². The number of carbonyl (C=O) groups is 3. The predicted molar refractivity (Wildman–Crippen MR) is 128 cm³/mol. The Morgan fingerprint density at radius 2 is 1.34 bits per heavy atom. The molecule has 1 unspecified atom stereocenters. The van der Waals surface area contributed by atoms with E-state index in [1.54, 1.807) is 34.6 Å². The Balaban J connectivity index is 5.70. The molecular weight excluding hydrogens is 408 g/mol. The third-order valence-corrected chi connectivity index (χ3v) is 6.32. The second-order valence-corrected chi connectivity index (χ2v) is 12.2. The molecule has 32 heavy (non-hydrogen) atoms. The summed E-state index contributed by atoms with van der Waals surface area (Å²) >= 11 is 0. The molecule has 6 nitrogen and oxygen atoms in total. The SMILES string of the molecule is CCOC(C)(C)C(=O)C(C)OC(C)(C)C(C)(C)C(=O)C(C)(C)CC(C)(C)OC(C)(C)C=O. The number of hydrogen-bond acceptors (Lipinski definition) is 6. The van der Waals surface area contributed by atoms with Crippen molar-refractivity contribution in [3.8, 4) is 0 Å². The average Bonchev–Trinajstić information content (AvgIpc) is 2.57. The largest absolute Gasteiger partial charge is 0.368 e. The zero-order chi connectivity index (χ0) is 26.0. The van der Waals surface area contributed by atoms with Crippen LogP contribution in [-0.2, 0) is 28.6 Å². The van der Waals surface area contributed by atoms with Crippen LogP contribution >= 0.6 is 0 Å². The highest BCUT2D eigenvalue weighted by Gasteiger charge is 2.52. The van der Waals surface area contributed by atoms with Crippen LogP contribution in [0.15, 0.2) is 0 Å². The van der Waals surface area contributed by atoms with E-state index in [1.807, 2.05) is 62.3 Å². The van der Waals surface area contributed by atoms with Crippen molar-refractivity contribution >= 4 is 17.9 Å². The third-order valence-electron chi connectivity index (χ3n) is 6.32. The second kappa shape index (κ2) is 10.0. The van der Waals surface area contributed by atoms with Crippen molar-refractivity contribution < 1.29 is 28.6 Å². The van der Waals surface area contributed by atoms with Crippen LogP contribution in [0.5, 0.6) is 0 Å². The first-order chi connectivity index (χ1) is 14.0. The summed E-state index contributed by atoms with van der Waals surface area (Å²) < 4.78 is 17.8. The molecule has 1 atom stereocenters. The standard InChI is InChI=1S/C26H48O6/c1-15-30-25(11,12)19(28)18(2)31-26(13,14)24(9,10)20(29)21(3,4)16-22(5,6)32-23(7,8)17-27/h17-18H,15-16H2,1-14H3. The average molecular weight is 457 g/mol. The van der Waals surface area contributed by atoms with Crippen molar-refractivity contribution in [2.75, 3.05) is 6.61 Å². The predicted octanol–water partition coefficient (Wildman–Crippen LogP) is 5.34. The van der Waals surface area contributed by atoms with Crippen LogP contribution in [0.3, 0.4) is 0 Å². The number of rotatable bonds is 14. The van der Waals surface area contributed by atoms with Crippen LogP contribution in [-0.4, -0.2) is 53.0 Å². The van der Waals surface area contributed by atoms with E-state index >= 15 is 0 Å². The van der Waals surface area contributed by atoms with Crippen LogP contribution in [0.1, 0.15) is 103 Å². The number of carbonyl (C=O) groups excluding carboxylic acids is 3. The molecule has 0 saturated carbocycles. The van der Waals surface area contributed by atoms with Gasteiger partial charge in [-0.1, -0.05) is 27.7 Å². The van der Waals surface area contributed by atoms with Crippen molar-refractivity contribution in [3.63, 3.8) is 0 Å². The Bertz CT molecular complexity index is 682. The summed E-state index contributed by atoms with van der Waals surface area (Å²) in [4.78, 5) is 38.0. The molecule has 0 aliphatic rings. The molecule has 0 bridgehead atoms. The van der Waals surface area contributed by atoms with Gasteiger partial charge in [0.1, 0.15) is 23.1 Å². The summed E-state index contributed by atoms with van der Waals surface area (Å²) in [6, 6.07) is 0. The Labute approximate surface area is 196 Å². The smallest absolute Gasteiger partial charge is 0.192 e. The lowest BCUT2D eigenvalue weighted by atomic mass is 9.63. The van der Waals surface area contributed by atoms with E-state index in [1.165, 1.54) is 0 Å². The van der Waals surface area contributed by atoms with Crippen LogP contribution in [0, 0.1) is 10.8 Å². The highest BCUT2D eigenvalue weighted by atomic mass is 16.5. The van der Waals surface area contributed by atoms with Gasteiger partial charge >= 0.3 is 0 Å². The summed E-state index contributed by atoms with van der Waals surface area (Å²) in [5.41, 5.74) is -5.20. The molecule has 0 saturated heterocycles. The van der Waals surface area contributed by atoms with Crippen molar-refractivity contribution in [1.29, 1.82) is 0 Å². The van der Waals surface area contributed by atoms with E-state index < -0.39 is 39.3 Å². The Morgan fingerprint density at radius 3 is 1.75 bits per heavy atom. The van der Waals surface area contributed by atoms with Gasteiger partial charge in [0.25, 0.3) is 0 Å². The highest BCUT2D eigenvalue weighted by Crippen LogP contribution is 2.44. The van der Waals surface area contributed by atoms with E-state index in [0.29, 0.717) is 13.0 Å². The van der Waals surface area contributed by atoms with Gasteiger partial charge in [0.05, 0.1) is 16.6 Å². The van der Waals surface area contributed by atoms with E-state index in [0.717, 1.165) is 6.29 Å². The fraction of sp³-hybridized carbons (Fsp3) is 0.885. The zero-order valence-electron chi connectivity index (χ0n) is 23.0. The maximum atomic E-state index is 13.8. The fourth-order valence-corrected chi connectivity index (χ4v) is 4.60. The minimum absolute atomic E-state index is 0.000647. The topological polar surface area (TPSA) is 78.9 Å². The first kappa shape index (κ1) is 30.9. The Kier molecular flexibility index (Phi) is 9.68. The number of ether oxygens (including phenoxy) is 3. The molecule has 0 aromatic heterocycles. The van der Waals surface area contributed by atoms with Crippen molar-refractivity contribution in [2.45, 2.75) is 132 Å². The lowest BCUT2D eigenvalue weighted by molar-refractivity contribution is -0.183. The van der Waals surface area contributed by atoms with Gasteiger partial charge in [0, 0.05) is 12.0 Å². The molecule has 0 N–H and O–H groups in total. The second-order valence-electron chi connectivity index (χ2n) is 12.2. The minimum atomic E-state index is -0.968. The van der Waals surface area contributed by atoms with E-state index in [4.69, 9.17) is 14.2 Å². The number of ketones is 2. The number of hydrogen-bond donors (Lipinski definition) is 0. The first-order valence-electron chi connectivity index (χ1n) is 11.6. The van der Waals surface area contributed by atoms with Gasteiger partial charge in [-0.2, -0.15) is 0 Å². The molecule has 0 amide bonds. The van der Waals surface area contributed by atoms with Crippen molar-refractivity contribution in [2.24, 2.45) is 10.8 Å². The first-order valence-corrected chi connectivity index (χ1v) is 11.6. The Hall–Kier alpha value is -1.11. The third kappa shape index (κ3) is 7.74. The van der Waals surface area contributed by atoms with Gasteiger partial charge in [-0.05, 0) is 75.7 Å². The monoisotopic (exact) mass is 456 g/mol. The van der Waals surface area contributed by atoms with E-state index in [-0.39, 0.29) is 11.6 Å².